The predicted octanol–water partition coefficient (Wildman–Crippen LogP) is 1.25. The lowest BCUT2D eigenvalue weighted by atomic mass is 10.1. The molecule has 2 unspecified atom stereocenters. The summed E-state index contributed by atoms with van der Waals surface area (Å²) < 4.78 is 29.4. The second-order valence-electron chi connectivity index (χ2n) is 4.98. The van der Waals surface area contributed by atoms with E-state index >= 15 is 0 Å². The smallest absolute Gasteiger partial charge is 0.195 e. The molecule has 5 nitrogen and oxygen atoms in total. The molecule has 2 heterocycles. The normalized spacial score (nSPS) is 24.9. The van der Waals surface area contributed by atoms with Gasteiger partial charge in [0.15, 0.2) is 15.7 Å². The van der Waals surface area contributed by atoms with Crippen molar-refractivity contribution in [1.29, 1.82) is 0 Å². The van der Waals surface area contributed by atoms with Crippen LogP contribution in [0.2, 0.25) is 0 Å². The lowest BCUT2D eigenvalue weighted by molar-refractivity contribution is 0.421. The van der Waals surface area contributed by atoms with Crippen molar-refractivity contribution < 1.29 is 12.8 Å². The molecule has 0 aliphatic carbocycles. The maximum Gasteiger partial charge on any atom is 0.195 e. The molecule has 0 amide bonds. The number of nitrogens with zero attached hydrogens (tertiary/aromatic N) is 1. The lowest BCUT2D eigenvalue weighted by Crippen LogP contribution is -2.30. The molecule has 1 fully saturated rings. The first-order chi connectivity index (χ1) is 8.53. The molecule has 2 N–H and O–H groups in total. The molecule has 2 rings (SSSR count). The SMILES string of the molecule is CC(CN)c1cnc(CC2CCCCS2(=O)=O)o1. The van der Waals surface area contributed by atoms with Crippen molar-refractivity contribution in [2.45, 2.75) is 43.8 Å². The molecule has 102 valence electrons. The molecular formula is C12H20N2O3S. The third-order valence-corrected chi connectivity index (χ3v) is 5.80. The van der Waals surface area contributed by atoms with Crippen molar-refractivity contribution >= 4 is 9.84 Å². The molecule has 0 radical (unpaired) electrons. The molecule has 1 aromatic heterocycles. The fourth-order valence-corrected chi connectivity index (χ4v) is 4.07. The van der Waals surface area contributed by atoms with Gasteiger partial charge in [0.1, 0.15) is 5.76 Å². The monoisotopic (exact) mass is 272 g/mol. The molecule has 0 bridgehead atoms. The van der Waals surface area contributed by atoms with Crippen molar-refractivity contribution in [2.24, 2.45) is 5.73 Å². The van der Waals surface area contributed by atoms with Gasteiger partial charge in [-0.05, 0) is 12.8 Å². The van der Waals surface area contributed by atoms with Crippen molar-refractivity contribution in [3.05, 3.63) is 17.8 Å². The predicted molar refractivity (Wildman–Crippen MR) is 69.1 cm³/mol. The topological polar surface area (TPSA) is 86.2 Å². The second-order valence-corrected chi connectivity index (χ2v) is 7.38. The Morgan fingerprint density at radius 2 is 2.33 bits per heavy atom. The number of aromatic nitrogens is 1. The Labute approximate surface area is 108 Å². The Bertz CT molecular complexity index is 495. The quantitative estimate of drug-likeness (QED) is 0.891. The van der Waals surface area contributed by atoms with Crippen LogP contribution < -0.4 is 5.73 Å². The highest BCUT2D eigenvalue weighted by molar-refractivity contribution is 7.92. The first kappa shape index (κ1) is 13.5. The van der Waals surface area contributed by atoms with E-state index in [1.807, 2.05) is 6.92 Å². The first-order valence-corrected chi connectivity index (χ1v) is 8.10. The Hall–Kier alpha value is -0.880. The van der Waals surface area contributed by atoms with Crippen molar-refractivity contribution in [3.63, 3.8) is 0 Å². The minimum Gasteiger partial charge on any atom is -0.445 e. The Morgan fingerprint density at radius 1 is 1.56 bits per heavy atom. The average Bonchev–Trinajstić information content (AvgIpc) is 2.79. The summed E-state index contributed by atoms with van der Waals surface area (Å²) in [6.07, 6.45) is 4.50. The van der Waals surface area contributed by atoms with E-state index in [9.17, 15) is 8.42 Å². The van der Waals surface area contributed by atoms with Gasteiger partial charge in [-0.25, -0.2) is 13.4 Å². The molecule has 2 atom stereocenters. The van der Waals surface area contributed by atoms with Gasteiger partial charge in [0.2, 0.25) is 0 Å². The van der Waals surface area contributed by atoms with Gasteiger partial charge in [0.25, 0.3) is 0 Å². The van der Waals surface area contributed by atoms with Gasteiger partial charge in [-0.2, -0.15) is 0 Å². The van der Waals surface area contributed by atoms with E-state index in [0.717, 1.165) is 18.6 Å². The third kappa shape index (κ3) is 2.92. The zero-order valence-corrected chi connectivity index (χ0v) is 11.4. The molecule has 1 aliphatic rings. The van der Waals surface area contributed by atoms with Gasteiger partial charge in [0.05, 0.1) is 17.2 Å². The summed E-state index contributed by atoms with van der Waals surface area (Å²) >= 11 is 0. The van der Waals surface area contributed by atoms with E-state index in [-0.39, 0.29) is 11.2 Å². The summed E-state index contributed by atoms with van der Waals surface area (Å²) in [5.74, 6) is 1.67. The van der Waals surface area contributed by atoms with Gasteiger partial charge in [-0.3, -0.25) is 0 Å². The van der Waals surface area contributed by atoms with Crippen LogP contribution in [0, 0.1) is 0 Å². The van der Waals surface area contributed by atoms with Gasteiger partial charge < -0.3 is 10.2 Å². The Kier molecular flexibility index (Phi) is 4.07. The van der Waals surface area contributed by atoms with Crippen LogP contribution in [0.15, 0.2) is 10.6 Å². The molecular weight excluding hydrogens is 252 g/mol. The van der Waals surface area contributed by atoms with Crippen LogP contribution in [0.25, 0.3) is 0 Å². The minimum atomic E-state index is -2.96. The van der Waals surface area contributed by atoms with Crippen LogP contribution in [0.3, 0.4) is 0 Å². The summed E-state index contributed by atoms with van der Waals surface area (Å²) in [6, 6.07) is 0. The summed E-state index contributed by atoms with van der Waals surface area (Å²) in [7, 11) is -2.96. The van der Waals surface area contributed by atoms with E-state index in [0.29, 0.717) is 31.0 Å². The van der Waals surface area contributed by atoms with Gasteiger partial charge >= 0.3 is 0 Å². The highest BCUT2D eigenvalue weighted by atomic mass is 32.2. The summed E-state index contributed by atoms with van der Waals surface area (Å²) in [5, 5.41) is -0.328. The number of hydrogen-bond acceptors (Lipinski definition) is 5. The first-order valence-electron chi connectivity index (χ1n) is 6.39. The molecule has 0 saturated carbocycles. The number of hydrogen-bond donors (Lipinski definition) is 1. The Morgan fingerprint density at radius 3 is 3.00 bits per heavy atom. The zero-order valence-electron chi connectivity index (χ0n) is 10.6. The van der Waals surface area contributed by atoms with Crippen molar-refractivity contribution in [3.8, 4) is 0 Å². The fourth-order valence-electron chi connectivity index (χ4n) is 2.21. The largest absolute Gasteiger partial charge is 0.445 e. The molecule has 18 heavy (non-hydrogen) atoms. The average molecular weight is 272 g/mol. The van der Waals surface area contributed by atoms with Gasteiger partial charge in [-0.15, -0.1) is 0 Å². The molecule has 1 aromatic rings. The van der Waals surface area contributed by atoms with Crippen LogP contribution in [0.1, 0.15) is 43.8 Å². The van der Waals surface area contributed by atoms with Crippen LogP contribution in [-0.2, 0) is 16.3 Å². The maximum absolute atomic E-state index is 11.9. The van der Waals surface area contributed by atoms with E-state index in [2.05, 4.69) is 4.98 Å². The molecule has 1 aliphatic heterocycles. The zero-order chi connectivity index (χ0) is 13.2. The van der Waals surface area contributed by atoms with Crippen LogP contribution in [-0.4, -0.2) is 30.9 Å². The van der Waals surface area contributed by atoms with E-state index < -0.39 is 9.84 Å². The van der Waals surface area contributed by atoms with E-state index in [1.54, 1.807) is 6.20 Å². The highest BCUT2D eigenvalue weighted by Crippen LogP contribution is 2.24. The number of nitrogens with two attached hydrogens (primary N) is 1. The van der Waals surface area contributed by atoms with Crippen LogP contribution in [0.5, 0.6) is 0 Å². The third-order valence-electron chi connectivity index (χ3n) is 3.53. The molecule has 0 spiro atoms. The molecule has 0 aromatic carbocycles. The number of sulfone groups is 1. The standard InChI is InChI=1S/C12H20N2O3S/c1-9(7-13)11-8-14-12(17-11)6-10-4-2-3-5-18(10,15)16/h8-10H,2-7,13H2,1H3. The van der Waals surface area contributed by atoms with E-state index in [1.165, 1.54) is 0 Å². The minimum absolute atomic E-state index is 0.120. The molecule has 1 saturated heterocycles. The fraction of sp³-hybridized carbons (Fsp3) is 0.750. The maximum atomic E-state index is 11.9. The second kappa shape index (κ2) is 5.40. The summed E-state index contributed by atoms with van der Waals surface area (Å²) in [6.45, 7) is 2.46. The van der Waals surface area contributed by atoms with Crippen molar-refractivity contribution in [2.75, 3.05) is 12.3 Å². The summed E-state index contributed by atoms with van der Waals surface area (Å²) in [5.41, 5.74) is 5.56. The highest BCUT2D eigenvalue weighted by Gasteiger charge is 2.30. The Balaban J connectivity index is 2.07. The van der Waals surface area contributed by atoms with Gasteiger partial charge in [-0.1, -0.05) is 13.3 Å². The molecule has 6 heteroatoms. The lowest BCUT2D eigenvalue weighted by Gasteiger charge is -2.20. The number of oxazole rings is 1. The summed E-state index contributed by atoms with van der Waals surface area (Å²) in [4.78, 5) is 4.16. The van der Waals surface area contributed by atoms with Gasteiger partial charge in [0, 0.05) is 18.9 Å². The number of rotatable bonds is 4. The van der Waals surface area contributed by atoms with Crippen molar-refractivity contribution in [1.82, 2.24) is 4.98 Å². The van der Waals surface area contributed by atoms with E-state index in [4.69, 9.17) is 10.2 Å². The van der Waals surface area contributed by atoms with Crippen LogP contribution in [0.4, 0.5) is 0 Å². The van der Waals surface area contributed by atoms with Crippen LogP contribution >= 0.6 is 0 Å².